The van der Waals surface area contributed by atoms with E-state index in [1.54, 1.807) is 7.11 Å². The molecule has 0 heterocycles. The van der Waals surface area contributed by atoms with Crippen LogP contribution in [0.15, 0.2) is 24.3 Å². The summed E-state index contributed by atoms with van der Waals surface area (Å²) >= 11 is 0. The molecule has 2 nitrogen and oxygen atoms in total. The fourth-order valence-corrected chi connectivity index (χ4v) is 2.85. The van der Waals surface area contributed by atoms with Gasteiger partial charge in [0.1, 0.15) is 0 Å². The van der Waals surface area contributed by atoms with Crippen molar-refractivity contribution in [1.82, 2.24) is 5.32 Å². The Morgan fingerprint density at radius 3 is 2.63 bits per heavy atom. The molecule has 0 saturated heterocycles. The molecule has 0 amide bonds. The summed E-state index contributed by atoms with van der Waals surface area (Å²) in [7, 11) is 1.80. The minimum atomic E-state index is 0.202. The molecule has 0 bridgehead atoms. The average Bonchev–Trinajstić information content (AvgIpc) is 2.38. The lowest BCUT2D eigenvalue weighted by Gasteiger charge is -2.32. The molecular weight excluding hydrogens is 234 g/mol. The van der Waals surface area contributed by atoms with Gasteiger partial charge in [-0.05, 0) is 49.8 Å². The van der Waals surface area contributed by atoms with Gasteiger partial charge in [0.25, 0.3) is 0 Å². The smallest absolute Gasteiger partial charge is 0.0737 e. The summed E-state index contributed by atoms with van der Waals surface area (Å²) in [5.74, 6) is 0.770. The second kappa shape index (κ2) is 7.06. The molecule has 0 radical (unpaired) electrons. The molecule has 0 spiro atoms. The van der Waals surface area contributed by atoms with Gasteiger partial charge in [-0.15, -0.1) is 0 Å². The van der Waals surface area contributed by atoms with E-state index in [0.29, 0.717) is 6.04 Å². The van der Waals surface area contributed by atoms with Crippen molar-refractivity contribution in [3.05, 3.63) is 35.4 Å². The molecular formula is C17H27NO. The van der Waals surface area contributed by atoms with Crippen LogP contribution in [0.2, 0.25) is 0 Å². The molecule has 106 valence electrons. The van der Waals surface area contributed by atoms with Crippen LogP contribution in [0.4, 0.5) is 0 Å². The Hall–Kier alpha value is -0.860. The first-order chi connectivity index (χ1) is 9.27. The van der Waals surface area contributed by atoms with Gasteiger partial charge in [0.15, 0.2) is 0 Å². The molecule has 1 fully saturated rings. The molecule has 0 aromatic heterocycles. The molecule has 2 atom stereocenters. The lowest BCUT2D eigenvalue weighted by atomic mass is 9.76. The first kappa shape index (κ1) is 14.5. The first-order valence-corrected chi connectivity index (χ1v) is 7.63. The molecule has 1 aliphatic rings. The van der Waals surface area contributed by atoms with E-state index in [1.807, 2.05) is 0 Å². The van der Waals surface area contributed by atoms with Crippen LogP contribution < -0.4 is 5.32 Å². The predicted octanol–water partition coefficient (Wildman–Crippen LogP) is 4.03. The predicted molar refractivity (Wildman–Crippen MR) is 80.5 cm³/mol. The highest BCUT2D eigenvalue weighted by molar-refractivity contribution is 5.34. The summed E-state index contributed by atoms with van der Waals surface area (Å²) in [6.45, 7) is 5.40. The maximum Gasteiger partial charge on any atom is 0.0737 e. The van der Waals surface area contributed by atoms with E-state index in [9.17, 15) is 0 Å². The molecule has 2 rings (SSSR count). The summed E-state index contributed by atoms with van der Waals surface area (Å²) in [4.78, 5) is 0. The number of hydrogen-bond acceptors (Lipinski definition) is 2. The summed E-state index contributed by atoms with van der Waals surface area (Å²) in [5, 5.41) is 3.65. The van der Waals surface area contributed by atoms with Crippen LogP contribution in [-0.4, -0.2) is 19.8 Å². The third-order valence-corrected chi connectivity index (χ3v) is 4.33. The number of ether oxygens (including phenoxy) is 1. The topological polar surface area (TPSA) is 21.3 Å². The van der Waals surface area contributed by atoms with E-state index >= 15 is 0 Å². The van der Waals surface area contributed by atoms with E-state index in [2.05, 4.69) is 43.4 Å². The Kier molecular flexibility index (Phi) is 5.41. The summed E-state index contributed by atoms with van der Waals surface area (Å²) in [5.41, 5.74) is 2.97. The molecule has 2 heteroatoms. The van der Waals surface area contributed by atoms with Crippen molar-refractivity contribution < 1.29 is 4.74 Å². The Balaban J connectivity index is 2.23. The molecule has 19 heavy (non-hydrogen) atoms. The highest BCUT2D eigenvalue weighted by atomic mass is 16.5. The maximum absolute atomic E-state index is 5.59. The zero-order valence-electron chi connectivity index (χ0n) is 12.5. The zero-order valence-corrected chi connectivity index (χ0v) is 12.5. The van der Waals surface area contributed by atoms with Crippen molar-refractivity contribution in [1.29, 1.82) is 0 Å². The fourth-order valence-electron chi connectivity index (χ4n) is 2.85. The van der Waals surface area contributed by atoms with Crippen LogP contribution in [0.1, 0.15) is 62.6 Å². The molecule has 0 aliphatic heterocycles. The van der Waals surface area contributed by atoms with Crippen molar-refractivity contribution in [2.24, 2.45) is 0 Å². The van der Waals surface area contributed by atoms with E-state index in [1.165, 1.54) is 30.4 Å². The van der Waals surface area contributed by atoms with Crippen molar-refractivity contribution in [2.75, 3.05) is 13.7 Å². The molecule has 2 unspecified atom stereocenters. The van der Waals surface area contributed by atoms with Crippen LogP contribution in [0.5, 0.6) is 0 Å². The van der Waals surface area contributed by atoms with Crippen LogP contribution in [0.25, 0.3) is 0 Å². The van der Waals surface area contributed by atoms with E-state index in [0.717, 1.165) is 18.9 Å². The van der Waals surface area contributed by atoms with Gasteiger partial charge in [-0.3, -0.25) is 0 Å². The number of nitrogens with one attached hydrogen (secondary N) is 1. The van der Waals surface area contributed by atoms with Crippen LogP contribution in [-0.2, 0) is 4.74 Å². The van der Waals surface area contributed by atoms with E-state index < -0.39 is 0 Å². The van der Waals surface area contributed by atoms with E-state index in [-0.39, 0.29) is 6.10 Å². The monoisotopic (exact) mass is 261 g/mol. The van der Waals surface area contributed by atoms with Crippen molar-refractivity contribution in [3.63, 3.8) is 0 Å². The van der Waals surface area contributed by atoms with Crippen molar-refractivity contribution in [2.45, 2.75) is 57.6 Å². The van der Waals surface area contributed by atoms with Gasteiger partial charge in [0, 0.05) is 7.11 Å². The quantitative estimate of drug-likeness (QED) is 0.800. The van der Waals surface area contributed by atoms with Crippen LogP contribution in [0.3, 0.4) is 0 Å². The van der Waals surface area contributed by atoms with Gasteiger partial charge >= 0.3 is 0 Å². The Morgan fingerprint density at radius 1 is 1.32 bits per heavy atom. The third kappa shape index (κ3) is 3.37. The van der Waals surface area contributed by atoms with Gasteiger partial charge in [-0.2, -0.15) is 0 Å². The summed E-state index contributed by atoms with van der Waals surface area (Å²) in [6, 6.07) is 9.21. The number of hydrogen-bond donors (Lipinski definition) is 1. The van der Waals surface area contributed by atoms with Gasteiger partial charge in [-0.25, -0.2) is 0 Å². The zero-order chi connectivity index (χ0) is 13.7. The molecule has 1 N–H and O–H groups in total. The minimum absolute atomic E-state index is 0.202. The van der Waals surface area contributed by atoms with Gasteiger partial charge in [0.05, 0.1) is 12.1 Å². The number of rotatable bonds is 7. The van der Waals surface area contributed by atoms with Gasteiger partial charge in [-0.1, -0.05) is 37.6 Å². The number of methoxy groups -OCH3 is 1. The number of benzene rings is 1. The molecule has 1 aromatic rings. The Labute approximate surface area is 117 Å². The maximum atomic E-state index is 5.59. The van der Waals surface area contributed by atoms with Crippen LogP contribution >= 0.6 is 0 Å². The fraction of sp³-hybridized carbons (Fsp3) is 0.647. The van der Waals surface area contributed by atoms with Gasteiger partial charge in [0.2, 0.25) is 0 Å². The largest absolute Gasteiger partial charge is 0.380 e. The summed E-state index contributed by atoms with van der Waals surface area (Å²) < 4.78 is 5.59. The lowest BCUT2D eigenvalue weighted by molar-refractivity contribution is 0.0824. The minimum Gasteiger partial charge on any atom is -0.380 e. The van der Waals surface area contributed by atoms with Gasteiger partial charge < -0.3 is 10.1 Å². The Morgan fingerprint density at radius 2 is 2.05 bits per heavy atom. The molecule has 1 saturated carbocycles. The van der Waals surface area contributed by atoms with Crippen molar-refractivity contribution in [3.8, 4) is 0 Å². The SMILES string of the molecule is CCCNC(c1ccccc1C1CCC1)C(C)OC. The second-order valence-corrected chi connectivity index (χ2v) is 5.63. The summed E-state index contributed by atoms with van der Waals surface area (Å²) in [6.07, 6.45) is 5.43. The van der Waals surface area contributed by atoms with E-state index in [4.69, 9.17) is 4.74 Å². The van der Waals surface area contributed by atoms with Crippen molar-refractivity contribution >= 4 is 0 Å². The molecule has 1 aliphatic carbocycles. The average molecular weight is 261 g/mol. The first-order valence-electron chi connectivity index (χ1n) is 7.63. The third-order valence-electron chi connectivity index (χ3n) is 4.33. The normalized spacial score (nSPS) is 18.9. The lowest BCUT2D eigenvalue weighted by Crippen LogP contribution is -2.33. The standard InChI is InChI=1S/C17H27NO/c1-4-12-18-17(13(2)19-3)16-11-6-5-10-15(16)14-8-7-9-14/h5-6,10-11,13-14,17-18H,4,7-9,12H2,1-3H3. The highest BCUT2D eigenvalue weighted by Gasteiger charge is 2.27. The second-order valence-electron chi connectivity index (χ2n) is 5.63. The molecule has 1 aromatic carbocycles. The Bertz CT molecular complexity index is 387. The van der Waals surface area contributed by atoms with Crippen LogP contribution in [0, 0.1) is 0 Å². The highest BCUT2D eigenvalue weighted by Crippen LogP contribution is 2.40.